The van der Waals surface area contributed by atoms with Crippen molar-refractivity contribution in [1.29, 1.82) is 0 Å². The molecule has 0 saturated heterocycles. The summed E-state index contributed by atoms with van der Waals surface area (Å²) in [6.45, 7) is 10.6. The lowest BCUT2D eigenvalue weighted by molar-refractivity contribution is 0.129. The Hall–Kier alpha value is -3.50. The first-order valence-electron chi connectivity index (χ1n) is 14.1. The number of carbonyl (C=O) groups is 2. The van der Waals surface area contributed by atoms with Gasteiger partial charge in [0, 0.05) is 0 Å². The fraction of sp³-hybridized carbons (Fsp3) is 0.533. The van der Waals surface area contributed by atoms with Gasteiger partial charge in [0.25, 0.3) is 0 Å². The molecular weight excluding hydrogens is 512 g/mol. The molecule has 10 nitrogen and oxygen atoms in total. The normalized spacial score (nSPS) is 11.1. The smallest absolute Gasteiger partial charge is 0.411 e. The Labute approximate surface area is 237 Å². The van der Waals surface area contributed by atoms with Crippen LogP contribution in [0.2, 0.25) is 0 Å². The van der Waals surface area contributed by atoms with Gasteiger partial charge in [-0.05, 0) is 115 Å². The molecule has 222 valence electrons. The lowest BCUT2D eigenvalue weighted by Crippen LogP contribution is -2.20. The lowest BCUT2D eigenvalue weighted by Gasteiger charge is -2.12. The van der Waals surface area contributed by atoms with Crippen LogP contribution in [0, 0.1) is 0 Å². The van der Waals surface area contributed by atoms with Crippen LogP contribution < -0.4 is 21.3 Å². The van der Waals surface area contributed by atoms with Crippen molar-refractivity contribution in [2.24, 2.45) is 0 Å². The van der Waals surface area contributed by atoms with Crippen molar-refractivity contribution in [3.8, 4) is 11.5 Å². The van der Waals surface area contributed by atoms with E-state index in [9.17, 15) is 19.8 Å². The summed E-state index contributed by atoms with van der Waals surface area (Å²) in [6, 6.07) is 10.4. The maximum absolute atomic E-state index is 11.8. The van der Waals surface area contributed by atoms with Crippen LogP contribution in [0.15, 0.2) is 36.4 Å². The molecule has 0 aliphatic heterocycles. The average molecular weight is 559 g/mol. The molecule has 0 saturated carbocycles. The highest BCUT2D eigenvalue weighted by molar-refractivity contribution is 5.87. The van der Waals surface area contributed by atoms with Crippen molar-refractivity contribution in [2.45, 2.75) is 78.4 Å². The van der Waals surface area contributed by atoms with Crippen molar-refractivity contribution in [3.63, 3.8) is 0 Å². The van der Waals surface area contributed by atoms with Crippen molar-refractivity contribution in [1.82, 2.24) is 10.6 Å². The molecule has 2 aromatic rings. The average Bonchev–Trinajstić information content (AvgIpc) is 2.87. The fourth-order valence-electron chi connectivity index (χ4n) is 3.95. The summed E-state index contributed by atoms with van der Waals surface area (Å²) >= 11 is 0. The van der Waals surface area contributed by atoms with E-state index in [1.165, 1.54) is 0 Å². The van der Waals surface area contributed by atoms with E-state index in [2.05, 4.69) is 21.3 Å². The van der Waals surface area contributed by atoms with E-state index in [1.807, 2.05) is 12.1 Å². The van der Waals surface area contributed by atoms with Gasteiger partial charge in [0.1, 0.15) is 11.5 Å². The lowest BCUT2D eigenvalue weighted by atomic mass is 10.1. The van der Waals surface area contributed by atoms with Gasteiger partial charge in [-0.25, -0.2) is 9.59 Å². The van der Waals surface area contributed by atoms with E-state index >= 15 is 0 Å². The molecule has 0 fully saturated rings. The number of ether oxygens (including phenoxy) is 2. The number of unbranched alkanes of at least 4 members (excludes halogenated alkanes) is 3. The molecule has 2 aromatic carbocycles. The number of benzene rings is 2. The van der Waals surface area contributed by atoms with Crippen LogP contribution >= 0.6 is 0 Å². The Morgan fingerprint density at radius 3 is 1.43 bits per heavy atom. The van der Waals surface area contributed by atoms with E-state index in [0.29, 0.717) is 11.4 Å². The van der Waals surface area contributed by atoms with Crippen LogP contribution in [-0.4, -0.2) is 60.8 Å². The molecule has 0 aromatic heterocycles. The highest BCUT2D eigenvalue weighted by Crippen LogP contribution is 2.25. The van der Waals surface area contributed by atoms with Crippen molar-refractivity contribution in [3.05, 3.63) is 47.5 Å². The summed E-state index contributed by atoms with van der Waals surface area (Å²) < 4.78 is 10.1. The number of hydrogen-bond acceptors (Lipinski definition) is 8. The summed E-state index contributed by atoms with van der Waals surface area (Å²) in [5.41, 5.74) is 2.74. The quantitative estimate of drug-likeness (QED) is 0.110. The van der Waals surface area contributed by atoms with E-state index < -0.39 is 12.2 Å². The predicted octanol–water partition coefficient (Wildman–Crippen LogP) is 5.54. The number of phenols is 2. The van der Waals surface area contributed by atoms with Gasteiger partial charge < -0.3 is 30.3 Å². The minimum Gasteiger partial charge on any atom is -0.506 e. The minimum atomic E-state index is -0.582. The maximum Gasteiger partial charge on any atom is 0.411 e. The van der Waals surface area contributed by atoms with Crippen molar-refractivity contribution < 1.29 is 29.3 Å². The zero-order valence-corrected chi connectivity index (χ0v) is 24.2. The molecule has 0 aliphatic rings. The number of hydrogen-bond donors (Lipinski definition) is 6. The third kappa shape index (κ3) is 13.5. The maximum atomic E-state index is 11.8. The fourth-order valence-corrected chi connectivity index (χ4v) is 3.95. The first-order valence-corrected chi connectivity index (χ1v) is 14.1. The molecule has 0 atom stereocenters. The number of aromatic hydroxyl groups is 2. The molecule has 6 N–H and O–H groups in total. The van der Waals surface area contributed by atoms with E-state index in [4.69, 9.17) is 9.47 Å². The third-order valence-electron chi connectivity index (χ3n) is 5.92. The highest BCUT2D eigenvalue weighted by atomic mass is 16.6. The highest BCUT2D eigenvalue weighted by Gasteiger charge is 2.11. The van der Waals surface area contributed by atoms with Crippen molar-refractivity contribution in [2.75, 3.05) is 36.8 Å². The Kier molecular flexibility index (Phi) is 14.7. The Balaban J connectivity index is 1.52. The second-order valence-corrected chi connectivity index (χ2v) is 10.3. The number of anilines is 2. The Bertz CT molecular complexity index is 977. The second-order valence-electron chi connectivity index (χ2n) is 10.3. The number of nitrogens with one attached hydrogen (secondary N) is 4. The second kappa shape index (κ2) is 18.0. The minimum absolute atomic E-state index is 0.0134. The summed E-state index contributed by atoms with van der Waals surface area (Å²) in [6.07, 6.45) is 4.46. The molecule has 0 radical (unpaired) electrons. The number of carbonyl (C=O) groups excluding carboxylic acids is 2. The van der Waals surface area contributed by atoms with Gasteiger partial charge in [0.2, 0.25) is 0 Å². The summed E-state index contributed by atoms with van der Waals surface area (Å²) in [5, 5.41) is 32.0. The van der Waals surface area contributed by atoms with Crippen LogP contribution in [0.1, 0.15) is 64.5 Å². The Morgan fingerprint density at radius 1 is 0.650 bits per heavy atom. The van der Waals surface area contributed by atoms with Gasteiger partial charge in [0.15, 0.2) is 0 Å². The monoisotopic (exact) mass is 558 g/mol. The van der Waals surface area contributed by atoms with Crippen LogP contribution in [0.4, 0.5) is 21.0 Å². The molecule has 0 heterocycles. The van der Waals surface area contributed by atoms with Gasteiger partial charge in [-0.2, -0.15) is 0 Å². The molecule has 10 heteroatoms. The van der Waals surface area contributed by atoms with Gasteiger partial charge in [-0.15, -0.1) is 0 Å². The summed E-state index contributed by atoms with van der Waals surface area (Å²) in [4.78, 5) is 23.6. The van der Waals surface area contributed by atoms with Crippen LogP contribution in [-0.2, 0) is 22.3 Å². The molecule has 0 bridgehead atoms. The SMILES string of the molecule is CC(C)OC(=O)Nc1cc(CCNCCCCCCNCCc2ccc(O)c(NC(=O)OC(C)C)c2)ccc1O. The molecule has 40 heavy (non-hydrogen) atoms. The number of phenolic OH excluding ortho intramolecular Hbond substituents is 2. The molecule has 2 amide bonds. The third-order valence-corrected chi connectivity index (χ3v) is 5.92. The van der Waals surface area contributed by atoms with Crippen LogP contribution in [0.25, 0.3) is 0 Å². The van der Waals surface area contributed by atoms with Crippen LogP contribution in [0.3, 0.4) is 0 Å². The van der Waals surface area contributed by atoms with Crippen molar-refractivity contribution >= 4 is 23.6 Å². The van der Waals surface area contributed by atoms with Gasteiger partial charge in [-0.3, -0.25) is 10.6 Å². The largest absolute Gasteiger partial charge is 0.506 e. The topological polar surface area (TPSA) is 141 Å². The number of rotatable bonds is 17. The first kappa shape index (κ1) is 32.7. The summed E-state index contributed by atoms with van der Waals surface area (Å²) in [5.74, 6) is 0.0267. The van der Waals surface area contributed by atoms with Gasteiger partial charge in [-0.1, -0.05) is 25.0 Å². The standard InChI is InChI=1S/C30H46N4O6/c1-21(2)39-29(37)33-25-19-23(9-11-27(25)35)13-17-31-15-7-5-6-8-16-32-18-14-24-10-12-28(36)26(20-24)34-30(38)40-22(3)4/h9-12,19-22,31-32,35-36H,5-8,13-18H2,1-4H3,(H,33,37)(H,34,38). The van der Waals surface area contributed by atoms with Gasteiger partial charge in [0.05, 0.1) is 23.6 Å². The zero-order valence-electron chi connectivity index (χ0n) is 24.2. The predicted molar refractivity (Wildman–Crippen MR) is 158 cm³/mol. The molecule has 0 spiro atoms. The van der Waals surface area contributed by atoms with E-state index in [1.54, 1.807) is 52.0 Å². The first-order chi connectivity index (χ1) is 19.1. The van der Waals surface area contributed by atoms with E-state index in [-0.39, 0.29) is 23.7 Å². The number of amides is 2. The molecule has 0 unspecified atom stereocenters. The van der Waals surface area contributed by atoms with Crippen LogP contribution in [0.5, 0.6) is 11.5 Å². The Morgan fingerprint density at radius 2 is 1.05 bits per heavy atom. The van der Waals surface area contributed by atoms with Gasteiger partial charge >= 0.3 is 12.2 Å². The molecule has 2 rings (SSSR count). The summed E-state index contributed by atoms with van der Waals surface area (Å²) in [7, 11) is 0. The van der Waals surface area contributed by atoms with E-state index in [0.717, 1.165) is 75.8 Å². The molecular formula is C30H46N4O6. The molecule has 0 aliphatic carbocycles. The zero-order chi connectivity index (χ0) is 29.3.